The van der Waals surface area contributed by atoms with Gasteiger partial charge in [0.15, 0.2) is 0 Å². The molecule has 0 unspecified atom stereocenters. The molecule has 0 bridgehead atoms. The first-order chi connectivity index (χ1) is 8.37. The third kappa shape index (κ3) is 7.34. The molecular weight excluding hydrogens is 248 g/mol. The molecule has 4 nitrogen and oxygen atoms in total. The number of piperidine rings is 1. The Kier molecular flexibility index (Phi) is 6.60. The lowest BCUT2D eigenvalue weighted by Gasteiger charge is -2.33. The lowest BCUT2D eigenvalue weighted by Crippen LogP contribution is -2.44. The van der Waals surface area contributed by atoms with Gasteiger partial charge in [0, 0.05) is 18.8 Å². The molecule has 0 aromatic heterocycles. The third-order valence-electron chi connectivity index (χ3n) is 3.34. The highest BCUT2D eigenvalue weighted by Crippen LogP contribution is 2.11. The monoisotopic (exact) mass is 276 g/mol. The molecule has 1 rings (SSSR count). The van der Waals surface area contributed by atoms with E-state index in [-0.39, 0.29) is 0 Å². The first kappa shape index (κ1) is 15.9. The van der Waals surface area contributed by atoms with Crippen LogP contribution in [-0.4, -0.2) is 57.5 Å². The van der Waals surface area contributed by atoms with Crippen molar-refractivity contribution in [1.82, 2.24) is 10.2 Å². The molecule has 0 amide bonds. The van der Waals surface area contributed by atoms with Crippen molar-refractivity contribution < 1.29 is 8.42 Å². The van der Waals surface area contributed by atoms with Gasteiger partial charge in [-0.15, -0.1) is 0 Å². The normalized spacial score (nSPS) is 19.6. The molecule has 1 aliphatic heterocycles. The summed E-state index contributed by atoms with van der Waals surface area (Å²) < 4.78 is 22.0. The molecule has 0 aromatic carbocycles. The molecule has 18 heavy (non-hydrogen) atoms. The summed E-state index contributed by atoms with van der Waals surface area (Å²) in [6, 6.07) is 0.577. The molecule has 0 atom stereocenters. The highest BCUT2D eigenvalue weighted by Gasteiger charge is 2.18. The van der Waals surface area contributed by atoms with Crippen LogP contribution in [0.1, 0.15) is 33.1 Å². The molecule has 108 valence electrons. The number of nitrogens with zero attached hydrogens (tertiary/aromatic N) is 1. The lowest BCUT2D eigenvalue weighted by molar-refractivity contribution is 0.180. The van der Waals surface area contributed by atoms with Gasteiger partial charge in [0.25, 0.3) is 0 Å². The topological polar surface area (TPSA) is 49.4 Å². The molecule has 1 aliphatic rings. The number of likely N-dealkylation sites (tertiary alicyclic amines) is 1. The molecule has 0 aromatic rings. The summed E-state index contributed by atoms with van der Waals surface area (Å²) in [5, 5.41) is 3.48. The summed E-state index contributed by atoms with van der Waals surface area (Å²) in [6.45, 7) is 8.87. The minimum atomic E-state index is -2.80. The highest BCUT2D eigenvalue weighted by atomic mass is 32.2. The Morgan fingerprint density at radius 3 is 2.39 bits per heavy atom. The van der Waals surface area contributed by atoms with E-state index in [4.69, 9.17) is 0 Å². The molecule has 1 heterocycles. The van der Waals surface area contributed by atoms with Gasteiger partial charge in [0.2, 0.25) is 0 Å². The van der Waals surface area contributed by atoms with E-state index in [1.807, 2.05) is 0 Å². The smallest absolute Gasteiger partial charge is 0.147 e. The Hall–Kier alpha value is -0.130. The van der Waals surface area contributed by atoms with Gasteiger partial charge < -0.3 is 10.2 Å². The lowest BCUT2D eigenvalue weighted by atomic mass is 10.0. The van der Waals surface area contributed by atoms with E-state index in [1.165, 1.54) is 38.7 Å². The van der Waals surface area contributed by atoms with Gasteiger partial charge in [-0.25, -0.2) is 8.42 Å². The van der Waals surface area contributed by atoms with Gasteiger partial charge in [0.05, 0.1) is 5.75 Å². The van der Waals surface area contributed by atoms with E-state index in [1.54, 1.807) is 0 Å². The fourth-order valence-electron chi connectivity index (χ4n) is 2.48. The Morgan fingerprint density at radius 2 is 1.89 bits per heavy atom. The van der Waals surface area contributed by atoms with E-state index in [0.717, 1.165) is 18.9 Å². The van der Waals surface area contributed by atoms with Crippen LogP contribution >= 0.6 is 0 Å². The maximum absolute atomic E-state index is 11.0. The number of rotatable bonds is 7. The largest absolute Gasteiger partial charge is 0.314 e. The summed E-state index contributed by atoms with van der Waals surface area (Å²) in [6.07, 6.45) is 4.40. The van der Waals surface area contributed by atoms with Crippen LogP contribution in [0.3, 0.4) is 0 Å². The fraction of sp³-hybridized carbons (Fsp3) is 1.00. The third-order valence-corrected chi connectivity index (χ3v) is 4.37. The van der Waals surface area contributed by atoms with Crippen LogP contribution in [0.5, 0.6) is 0 Å². The van der Waals surface area contributed by atoms with Gasteiger partial charge in [-0.05, 0) is 44.8 Å². The van der Waals surface area contributed by atoms with Crippen molar-refractivity contribution in [3.05, 3.63) is 0 Å². The number of hydrogen-bond donors (Lipinski definition) is 1. The van der Waals surface area contributed by atoms with Crippen molar-refractivity contribution in [3.63, 3.8) is 0 Å². The van der Waals surface area contributed by atoms with Crippen molar-refractivity contribution in [2.24, 2.45) is 5.92 Å². The average Bonchev–Trinajstić information content (AvgIpc) is 2.24. The first-order valence-electron chi connectivity index (χ1n) is 7.00. The van der Waals surface area contributed by atoms with Gasteiger partial charge >= 0.3 is 0 Å². The molecule has 0 spiro atoms. The van der Waals surface area contributed by atoms with Crippen LogP contribution in [0.25, 0.3) is 0 Å². The summed E-state index contributed by atoms with van der Waals surface area (Å²) in [5.41, 5.74) is 0. The molecule has 0 radical (unpaired) electrons. The molecule has 1 fully saturated rings. The molecular formula is C13H28N2O2S. The second-order valence-corrected chi connectivity index (χ2v) is 8.17. The molecule has 0 saturated carbocycles. The summed E-state index contributed by atoms with van der Waals surface area (Å²) in [4.78, 5) is 2.53. The SMILES string of the molecule is CC(C)CN1CCC(NCCCS(C)(=O)=O)CC1. The van der Waals surface area contributed by atoms with E-state index in [2.05, 4.69) is 24.1 Å². The van der Waals surface area contributed by atoms with Crippen LogP contribution in [-0.2, 0) is 9.84 Å². The van der Waals surface area contributed by atoms with Crippen LogP contribution in [0, 0.1) is 5.92 Å². The Balaban J connectivity index is 2.09. The zero-order chi connectivity index (χ0) is 13.6. The minimum absolute atomic E-state index is 0.298. The van der Waals surface area contributed by atoms with Gasteiger partial charge in [-0.1, -0.05) is 13.8 Å². The number of sulfone groups is 1. The van der Waals surface area contributed by atoms with Gasteiger partial charge in [-0.3, -0.25) is 0 Å². The van der Waals surface area contributed by atoms with Crippen LogP contribution in [0.2, 0.25) is 0 Å². The second-order valence-electron chi connectivity index (χ2n) is 5.91. The predicted octanol–water partition coefficient (Wildman–Crippen LogP) is 1.13. The first-order valence-corrected chi connectivity index (χ1v) is 9.06. The highest BCUT2D eigenvalue weighted by molar-refractivity contribution is 7.90. The standard InChI is InChI=1S/C13H28N2O2S/c1-12(2)11-15-8-5-13(6-9-15)14-7-4-10-18(3,16)17/h12-14H,4-11H2,1-3H3. The second kappa shape index (κ2) is 7.46. The van der Waals surface area contributed by atoms with E-state index in [9.17, 15) is 8.42 Å². The average molecular weight is 276 g/mol. The number of hydrogen-bond acceptors (Lipinski definition) is 4. The Morgan fingerprint density at radius 1 is 1.28 bits per heavy atom. The van der Waals surface area contributed by atoms with E-state index < -0.39 is 9.84 Å². The minimum Gasteiger partial charge on any atom is -0.314 e. The predicted molar refractivity (Wildman–Crippen MR) is 76.6 cm³/mol. The summed E-state index contributed by atoms with van der Waals surface area (Å²) in [7, 11) is -2.80. The van der Waals surface area contributed by atoms with E-state index in [0.29, 0.717) is 11.8 Å². The fourth-order valence-corrected chi connectivity index (χ4v) is 3.15. The van der Waals surface area contributed by atoms with Crippen LogP contribution in [0.4, 0.5) is 0 Å². The summed E-state index contributed by atoms with van der Waals surface area (Å²) >= 11 is 0. The maximum Gasteiger partial charge on any atom is 0.147 e. The quantitative estimate of drug-likeness (QED) is 0.708. The zero-order valence-electron chi connectivity index (χ0n) is 12.0. The number of nitrogens with one attached hydrogen (secondary N) is 1. The Labute approximate surface area is 112 Å². The molecule has 1 saturated heterocycles. The van der Waals surface area contributed by atoms with Crippen molar-refractivity contribution in [2.75, 3.05) is 38.2 Å². The molecule has 0 aliphatic carbocycles. The van der Waals surface area contributed by atoms with Crippen molar-refractivity contribution in [1.29, 1.82) is 0 Å². The van der Waals surface area contributed by atoms with Gasteiger partial charge in [0.1, 0.15) is 9.84 Å². The van der Waals surface area contributed by atoms with Crippen LogP contribution in [0.15, 0.2) is 0 Å². The molecule has 1 N–H and O–H groups in total. The van der Waals surface area contributed by atoms with Crippen molar-refractivity contribution in [2.45, 2.75) is 39.2 Å². The summed E-state index contributed by atoms with van der Waals surface area (Å²) in [5.74, 6) is 1.04. The van der Waals surface area contributed by atoms with Crippen molar-refractivity contribution >= 4 is 9.84 Å². The van der Waals surface area contributed by atoms with Crippen LogP contribution < -0.4 is 5.32 Å². The molecule has 5 heteroatoms. The zero-order valence-corrected chi connectivity index (χ0v) is 12.8. The van der Waals surface area contributed by atoms with E-state index >= 15 is 0 Å². The Bertz CT molecular complexity index is 320. The van der Waals surface area contributed by atoms with Gasteiger partial charge in [-0.2, -0.15) is 0 Å². The van der Waals surface area contributed by atoms with Crippen molar-refractivity contribution in [3.8, 4) is 0 Å². The maximum atomic E-state index is 11.0.